The molecule has 1 aliphatic carbocycles. The van der Waals surface area contributed by atoms with Gasteiger partial charge in [0.05, 0.1) is 0 Å². The van der Waals surface area contributed by atoms with Crippen LogP contribution in [0.5, 0.6) is 0 Å². The van der Waals surface area contributed by atoms with Gasteiger partial charge in [0.25, 0.3) is 0 Å². The van der Waals surface area contributed by atoms with Crippen molar-refractivity contribution in [1.82, 2.24) is 5.32 Å². The van der Waals surface area contributed by atoms with Crippen LogP contribution in [0.15, 0.2) is 29.2 Å². The lowest BCUT2D eigenvalue weighted by molar-refractivity contribution is 0.257. The SMILES string of the molecule is CCSc1ccc(CCNCC2CC(N)C2)cc1. The van der Waals surface area contributed by atoms with Crippen molar-refractivity contribution >= 4 is 11.8 Å². The summed E-state index contributed by atoms with van der Waals surface area (Å²) in [5, 5.41) is 3.54. The fourth-order valence-corrected chi connectivity index (χ4v) is 3.07. The Morgan fingerprint density at radius 2 is 2.00 bits per heavy atom. The van der Waals surface area contributed by atoms with Gasteiger partial charge in [-0.25, -0.2) is 0 Å². The van der Waals surface area contributed by atoms with Gasteiger partial charge >= 0.3 is 0 Å². The van der Waals surface area contributed by atoms with E-state index in [4.69, 9.17) is 5.73 Å². The van der Waals surface area contributed by atoms with E-state index in [9.17, 15) is 0 Å². The summed E-state index contributed by atoms with van der Waals surface area (Å²) in [5.41, 5.74) is 7.20. The minimum Gasteiger partial charge on any atom is -0.328 e. The van der Waals surface area contributed by atoms with Crippen LogP contribution in [-0.2, 0) is 6.42 Å². The molecule has 0 amide bonds. The lowest BCUT2D eigenvalue weighted by atomic mass is 9.81. The molecule has 2 nitrogen and oxygen atoms in total. The molecule has 0 spiro atoms. The van der Waals surface area contributed by atoms with Crippen LogP contribution in [0.2, 0.25) is 0 Å². The molecule has 0 aromatic heterocycles. The number of rotatable bonds is 7. The summed E-state index contributed by atoms with van der Waals surface area (Å²) in [6, 6.07) is 9.43. The molecule has 1 aromatic rings. The molecule has 18 heavy (non-hydrogen) atoms. The molecule has 2 rings (SSSR count). The van der Waals surface area contributed by atoms with Gasteiger partial charge in [0, 0.05) is 10.9 Å². The molecular formula is C15H24N2S. The van der Waals surface area contributed by atoms with Gasteiger partial charge in [0.15, 0.2) is 0 Å². The van der Waals surface area contributed by atoms with E-state index < -0.39 is 0 Å². The Morgan fingerprint density at radius 1 is 1.28 bits per heavy atom. The monoisotopic (exact) mass is 264 g/mol. The number of nitrogens with two attached hydrogens (primary N) is 1. The molecule has 0 unspecified atom stereocenters. The van der Waals surface area contributed by atoms with E-state index in [0.717, 1.165) is 31.2 Å². The molecule has 0 heterocycles. The van der Waals surface area contributed by atoms with Crippen LogP contribution in [0.3, 0.4) is 0 Å². The van der Waals surface area contributed by atoms with Crippen molar-refractivity contribution in [3.8, 4) is 0 Å². The van der Waals surface area contributed by atoms with Crippen LogP contribution in [0, 0.1) is 5.92 Å². The van der Waals surface area contributed by atoms with Crippen molar-refractivity contribution in [1.29, 1.82) is 0 Å². The number of nitrogens with one attached hydrogen (secondary N) is 1. The summed E-state index contributed by atoms with van der Waals surface area (Å²) in [7, 11) is 0. The van der Waals surface area contributed by atoms with E-state index in [0.29, 0.717) is 6.04 Å². The molecule has 1 saturated carbocycles. The first-order chi connectivity index (χ1) is 8.78. The largest absolute Gasteiger partial charge is 0.328 e. The van der Waals surface area contributed by atoms with E-state index in [2.05, 4.69) is 36.5 Å². The highest BCUT2D eigenvalue weighted by Crippen LogP contribution is 2.24. The Bertz CT molecular complexity index is 344. The highest BCUT2D eigenvalue weighted by molar-refractivity contribution is 7.99. The molecule has 0 saturated heterocycles. The topological polar surface area (TPSA) is 38.0 Å². The van der Waals surface area contributed by atoms with Crippen LogP contribution < -0.4 is 11.1 Å². The fourth-order valence-electron chi connectivity index (χ4n) is 2.41. The third-order valence-corrected chi connectivity index (χ3v) is 4.42. The Hall–Kier alpha value is -0.510. The van der Waals surface area contributed by atoms with Crippen molar-refractivity contribution < 1.29 is 0 Å². The van der Waals surface area contributed by atoms with Gasteiger partial charge in [-0.2, -0.15) is 0 Å². The minimum absolute atomic E-state index is 0.473. The minimum atomic E-state index is 0.473. The molecule has 1 aliphatic rings. The molecule has 3 heteroatoms. The van der Waals surface area contributed by atoms with Crippen LogP contribution >= 0.6 is 11.8 Å². The van der Waals surface area contributed by atoms with E-state index in [-0.39, 0.29) is 0 Å². The van der Waals surface area contributed by atoms with Gasteiger partial charge in [-0.15, -0.1) is 11.8 Å². The molecule has 100 valence electrons. The van der Waals surface area contributed by atoms with Gasteiger partial charge in [0.1, 0.15) is 0 Å². The summed E-state index contributed by atoms with van der Waals surface area (Å²) in [6.45, 7) is 4.40. The Kier molecular flexibility index (Phi) is 5.54. The van der Waals surface area contributed by atoms with Crippen LogP contribution in [0.4, 0.5) is 0 Å². The standard InChI is InChI=1S/C15H24N2S/c1-2-18-15-5-3-12(4-6-15)7-8-17-11-13-9-14(16)10-13/h3-6,13-14,17H,2,7-11,16H2,1H3. The maximum atomic E-state index is 5.77. The van der Waals surface area contributed by atoms with Crippen LogP contribution in [0.25, 0.3) is 0 Å². The van der Waals surface area contributed by atoms with Crippen molar-refractivity contribution in [2.75, 3.05) is 18.8 Å². The molecule has 1 fully saturated rings. The summed E-state index contributed by atoms with van der Waals surface area (Å²) < 4.78 is 0. The lowest BCUT2D eigenvalue weighted by Crippen LogP contribution is -2.41. The fraction of sp³-hybridized carbons (Fsp3) is 0.600. The Labute approximate surface area is 115 Å². The molecule has 0 aliphatic heterocycles. The average Bonchev–Trinajstić information content (AvgIpc) is 2.34. The first-order valence-electron chi connectivity index (χ1n) is 6.96. The highest BCUT2D eigenvalue weighted by atomic mass is 32.2. The number of benzene rings is 1. The van der Waals surface area contributed by atoms with Gasteiger partial charge in [-0.3, -0.25) is 0 Å². The Morgan fingerprint density at radius 3 is 2.61 bits per heavy atom. The first kappa shape index (κ1) is 13.9. The summed E-state index contributed by atoms with van der Waals surface area (Å²) >= 11 is 1.90. The predicted molar refractivity (Wildman–Crippen MR) is 80.1 cm³/mol. The third-order valence-electron chi connectivity index (χ3n) is 3.53. The maximum Gasteiger partial charge on any atom is 0.00720 e. The summed E-state index contributed by atoms with van der Waals surface area (Å²) in [6.07, 6.45) is 3.53. The highest BCUT2D eigenvalue weighted by Gasteiger charge is 2.24. The van der Waals surface area contributed by atoms with Crippen LogP contribution in [0.1, 0.15) is 25.3 Å². The zero-order chi connectivity index (χ0) is 12.8. The van der Waals surface area contributed by atoms with E-state index in [1.807, 2.05) is 11.8 Å². The number of hydrogen-bond acceptors (Lipinski definition) is 3. The Balaban J connectivity index is 1.61. The van der Waals surface area contributed by atoms with Crippen molar-refractivity contribution in [2.24, 2.45) is 11.7 Å². The van der Waals surface area contributed by atoms with Gasteiger partial charge in [0.2, 0.25) is 0 Å². The van der Waals surface area contributed by atoms with E-state index in [1.165, 1.54) is 23.3 Å². The van der Waals surface area contributed by atoms with Crippen molar-refractivity contribution in [3.63, 3.8) is 0 Å². The molecule has 0 bridgehead atoms. The first-order valence-corrected chi connectivity index (χ1v) is 7.94. The number of thioether (sulfide) groups is 1. The quantitative estimate of drug-likeness (QED) is 0.587. The summed E-state index contributed by atoms with van der Waals surface area (Å²) in [4.78, 5) is 1.37. The zero-order valence-corrected chi connectivity index (χ0v) is 12.0. The maximum absolute atomic E-state index is 5.77. The molecular weight excluding hydrogens is 240 g/mol. The normalized spacial score (nSPS) is 22.8. The van der Waals surface area contributed by atoms with Gasteiger partial charge in [-0.1, -0.05) is 19.1 Å². The second kappa shape index (κ2) is 7.17. The molecule has 1 aromatic carbocycles. The number of hydrogen-bond donors (Lipinski definition) is 2. The summed E-state index contributed by atoms with van der Waals surface area (Å²) in [5.74, 6) is 1.97. The second-order valence-electron chi connectivity index (χ2n) is 5.13. The second-order valence-corrected chi connectivity index (χ2v) is 6.47. The lowest BCUT2D eigenvalue weighted by Gasteiger charge is -2.32. The van der Waals surface area contributed by atoms with Gasteiger partial charge < -0.3 is 11.1 Å². The van der Waals surface area contributed by atoms with E-state index >= 15 is 0 Å². The van der Waals surface area contributed by atoms with Crippen molar-refractivity contribution in [2.45, 2.75) is 37.1 Å². The average molecular weight is 264 g/mol. The van der Waals surface area contributed by atoms with Crippen molar-refractivity contribution in [3.05, 3.63) is 29.8 Å². The predicted octanol–water partition coefficient (Wildman–Crippen LogP) is 2.67. The molecule has 0 radical (unpaired) electrons. The third kappa shape index (κ3) is 4.30. The molecule has 3 N–H and O–H groups in total. The molecule has 0 atom stereocenters. The van der Waals surface area contributed by atoms with Crippen LogP contribution in [-0.4, -0.2) is 24.9 Å². The zero-order valence-electron chi connectivity index (χ0n) is 11.2. The van der Waals surface area contributed by atoms with Gasteiger partial charge in [-0.05, 0) is 61.7 Å². The smallest absolute Gasteiger partial charge is 0.00720 e. The van der Waals surface area contributed by atoms with E-state index in [1.54, 1.807) is 0 Å².